The Kier molecular flexibility index (Phi) is 6.37. The van der Waals surface area contributed by atoms with Gasteiger partial charge in [0.25, 0.3) is 5.56 Å². The number of anilines is 1. The number of nitrogens with one attached hydrogen (secondary N) is 1. The largest absolute Gasteiger partial charge is 0.478 e. The molecule has 2 heterocycles. The van der Waals surface area contributed by atoms with Crippen molar-refractivity contribution in [3.63, 3.8) is 0 Å². The van der Waals surface area contributed by atoms with Crippen LogP contribution in [0.15, 0.2) is 28.4 Å². The fraction of sp³-hybridized carbons (Fsp3) is 0.263. The van der Waals surface area contributed by atoms with Crippen LogP contribution in [0.25, 0.3) is 10.2 Å². The first-order valence-electron chi connectivity index (χ1n) is 8.93. The molecule has 0 saturated heterocycles. The summed E-state index contributed by atoms with van der Waals surface area (Å²) in [6.45, 7) is 1.26. The normalized spacial score (nSPS) is 11.6. The van der Waals surface area contributed by atoms with E-state index in [1.807, 2.05) is 6.92 Å². The number of carbonyl (C=O) groups excluding carboxylic acids is 1. The molecule has 0 spiro atoms. The summed E-state index contributed by atoms with van der Waals surface area (Å²) in [5.74, 6) is -1.85. The molecule has 31 heavy (non-hydrogen) atoms. The van der Waals surface area contributed by atoms with E-state index in [0.29, 0.717) is 18.9 Å². The molecule has 1 aromatic carbocycles. The van der Waals surface area contributed by atoms with Crippen LogP contribution in [0, 0.1) is 0 Å². The average Bonchev–Trinajstić information content (AvgIpc) is 3.10. The van der Waals surface area contributed by atoms with Crippen LogP contribution in [-0.2, 0) is 23.9 Å². The summed E-state index contributed by atoms with van der Waals surface area (Å²) in [6.07, 6.45) is -3.70. The van der Waals surface area contributed by atoms with Crippen molar-refractivity contribution in [1.82, 2.24) is 9.55 Å². The van der Waals surface area contributed by atoms with Crippen molar-refractivity contribution in [2.75, 3.05) is 5.32 Å². The molecule has 12 heteroatoms. The SMILES string of the molecule is CCCc1nc2scc(C(=O)O)c2c(=O)n1CC(=O)Nc1cc(C(F)(F)F)ccc1Cl. The lowest BCUT2D eigenvalue weighted by molar-refractivity contribution is -0.137. The van der Waals surface area contributed by atoms with Crippen LogP contribution in [0.3, 0.4) is 0 Å². The lowest BCUT2D eigenvalue weighted by Gasteiger charge is -2.14. The second-order valence-electron chi connectivity index (χ2n) is 6.54. The molecule has 0 aliphatic rings. The molecule has 0 fully saturated rings. The van der Waals surface area contributed by atoms with Gasteiger partial charge in [-0.15, -0.1) is 11.3 Å². The first kappa shape index (κ1) is 22.8. The summed E-state index contributed by atoms with van der Waals surface area (Å²) in [5.41, 5.74) is -2.20. The first-order chi connectivity index (χ1) is 14.5. The number of halogens is 4. The van der Waals surface area contributed by atoms with Gasteiger partial charge in [-0.1, -0.05) is 18.5 Å². The van der Waals surface area contributed by atoms with Gasteiger partial charge in [0, 0.05) is 11.8 Å². The van der Waals surface area contributed by atoms with Gasteiger partial charge in [-0.25, -0.2) is 9.78 Å². The van der Waals surface area contributed by atoms with Gasteiger partial charge >= 0.3 is 12.1 Å². The monoisotopic (exact) mass is 473 g/mol. The van der Waals surface area contributed by atoms with E-state index in [1.54, 1.807) is 0 Å². The molecular weight excluding hydrogens is 459 g/mol. The molecule has 7 nitrogen and oxygen atoms in total. The van der Waals surface area contributed by atoms with Crippen LogP contribution in [0.1, 0.15) is 35.1 Å². The van der Waals surface area contributed by atoms with E-state index in [2.05, 4.69) is 10.3 Å². The summed E-state index contributed by atoms with van der Waals surface area (Å²) in [7, 11) is 0. The highest BCUT2D eigenvalue weighted by Gasteiger charge is 2.31. The van der Waals surface area contributed by atoms with Crippen molar-refractivity contribution in [3.8, 4) is 0 Å². The summed E-state index contributed by atoms with van der Waals surface area (Å²) >= 11 is 6.90. The average molecular weight is 474 g/mol. The highest BCUT2D eigenvalue weighted by atomic mass is 35.5. The number of carboxylic acid groups (broad SMARTS) is 1. The number of aromatic nitrogens is 2. The predicted octanol–water partition coefficient (Wildman–Crippen LogP) is 4.42. The number of aromatic carboxylic acids is 1. The van der Waals surface area contributed by atoms with E-state index >= 15 is 0 Å². The van der Waals surface area contributed by atoms with Crippen molar-refractivity contribution >= 4 is 50.7 Å². The van der Waals surface area contributed by atoms with Crippen LogP contribution < -0.4 is 10.9 Å². The maximum Gasteiger partial charge on any atom is 0.416 e. The zero-order valence-electron chi connectivity index (χ0n) is 15.9. The lowest BCUT2D eigenvalue weighted by Crippen LogP contribution is -2.31. The van der Waals surface area contributed by atoms with E-state index in [0.717, 1.165) is 28.0 Å². The Labute approximate surface area is 182 Å². The number of benzene rings is 1. The number of aryl methyl sites for hydroxylation is 1. The van der Waals surface area contributed by atoms with Gasteiger partial charge < -0.3 is 10.4 Å². The molecule has 3 aromatic rings. The maximum atomic E-state index is 13.0. The second kappa shape index (κ2) is 8.67. The quantitative estimate of drug-likeness (QED) is 0.552. The number of thiophene rings is 1. The molecule has 2 N–H and O–H groups in total. The third-order valence-corrected chi connectivity index (χ3v) is 5.55. The molecule has 0 unspecified atom stereocenters. The molecular formula is C19H15ClF3N3O4S. The standard InChI is InChI=1S/C19H15ClF3N3O4S/c1-2-3-13-25-16-15(10(8-31-16)18(29)30)17(28)26(13)7-14(27)24-12-6-9(19(21,22)23)4-5-11(12)20/h4-6,8H,2-3,7H2,1H3,(H,24,27)(H,29,30). The molecule has 164 valence electrons. The van der Waals surface area contributed by atoms with E-state index in [1.165, 1.54) is 5.38 Å². The van der Waals surface area contributed by atoms with E-state index in [-0.39, 0.29) is 32.3 Å². The lowest BCUT2D eigenvalue weighted by atomic mass is 10.2. The molecule has 0 aliphatic carbocycles. The van der Waals surface area contributed by atoms with Gasteiger partial charge in [0.15, 0.2) is 0 Å². The van der Waals surface area contributed by atoms with Crippen LogP contribution >= 0.6 is 22.9 Å². The van der Waals surface area contributed by atoms with Gasteiger partial charge in [-0.2, -0.15) is 13.2 Å². The predicted molar refractivity (Wildman–Crippen MR) is 110 cm³/mol. The van der Waals surface area contributed by atoms with Gasteiger partial charge in [0.05, 0.1) is 27.2 Å². The number of alkyl halides is 3. The van der Waals surface area contributed by atoms with Crippen molar-refractivity contribution < 1.29 is 27.9 Å². The van der Waals surface area contributed by atoms with Gasteiger partial charge in [-0.3, -0.25) is 14.2 Å². The molecule has 0 radical (unpaired) electrons. The van der Waals surface area contributed by atoms with Gasteiger partial charge in [-0.05, 0) is 24.6 Å². The Bertz CT molecular complexity index is 1240. The molecule has 2 aromatic heterocycles. The summed E-state index contributed by atoms with van der Waals surface area (Å²) in [4.78, 5) is 41.5. The second-order valence-corrected chi connectivity index (χ2v) is 7.81. The number of rotatable bonds is 6. The molecule has 3 rings (SSSR count). The van der Waals surface area contributed by atoms with E-state index in [9.17, 15) is 32.7 Å². The molecule has 0 saturated carbocycles. The van der Waals surface area contributed by atoms with Crippen LogP contribution in [0.2, 0.25) is 5.02 Å². The Balaban J connectivity index is 1.99. The fourth-order valence-electron chi connectivity index (χ4n) is 2.93. The minimum absolute atomic E-state index is 0.109. The van der Waals surface area contributed by atoms with E-state index < -0.39 is 35.7 Å². The zero-order valence-corrected chi connectivity index (χ0v) is 17.5. The summed E-state index contributed by atoms with van der Waals surface area (Å²) < 4.78 is 39.8. The van der Waals surface area contributed by atoms with E-state index in [4.69, 9.17) is 11.6 Å². The van der Waals surface area contributed by atoms with Crippen molar-refractivity contribution in [3.05, 3.63) is 55.9 Å². The number of amides is 1. The minimum Gasteiger partial charge on any atom is -0.478 e. The smallest absolute Gasteiger partial charge is 0.416 e. The van der Waals surface area contributed by atoms with Crippen LogP contribution in [0.4, 0.5) is 18.9 Å². The Morgan fingerprint density at radius 2 is 2.03 bits per heavy atom. The topological polar surface area (TPSA) is 101 Å². The number of nitrogens with zero attached hydrogens (tertiary/aromatic N) is 2. The summed E-state index contributed by atoms with van der Waals surface area (Å²) in [5, 5.41) is 12.6. The van der Waals surface area contributed by atoms with Crippen LogP contribution in [0.5, 0.6) is 0 Å². The van der Waals surface area contributed by atoms with Gasteiger partial charge in [0.1, 0.15) is 17.2 Å². The van der Waals surface area contributed by atoms with Crippen LogP contribution in [-0.4, -0.2) is 26.5 Å². The Morgan fingerprint density at radius 3 is 2.65 bits per heavy atom. The number of hydrogen-bond acceptors (Lipinski definition) is 5. The highest BCUT2D eigenvalue weighted by Crippen LogP contribution is 2.33. The Morgan fingerprint density at radius 1 is 1.32 bits per heavy atom. The Hall–Kier alpha value is -2.92. The molecule has 0 bridgehead atoms. The third-order valence-electron chi connectivity index (χ3n) is 4.35. The molecule has 0 atom stereocenters. The number of carbonyl (C=O) groups is 2. The van der Waals surface area contributed by atoms with Gasteiger partial charge in [0.2, 0.25) is 5.91 Å². The number of carboxylic acids is 1. The summed E-state index contributed by atoms with van der Waals surface area (Å²) in [6, 6.07) is 2.48. The third kappa shape index (κ3) is 4.72. The molecule has 0 aliphatic heterocycles. The molecule has 1 amide bonds. The minimum atomic E-state index is -4.63. The first-order valence-corrected chi connectivity index (χ1v) is 10.2. The zero-order chi connectivity index (χ0) is 22.9. The highest BCUT2D eigenvalue weighted by molar-refractivity contribution is 7.17. The van der Waals surface area contributed by atoms with Crippen molar-refractivity contribution in [2.24, 2.45) is 0 Å². The van der Waals surface area contributed by atoms with Crippen molar-refractivity contribution in [1.29, 1.82) is 0 Å². The maximum absolute atomic E-state index is 13.0. The number of fused-ring (bicyclic) bond motifs is 1. The van der Waals surface area contributed by atoms with Crippen molar-refractivity contribution in [2.45, 2.75) is 32.5 Å². The number of hydrogen-bond donors (Lipinski definition) is 2. The fourth-order valence-corrected chi connectivity index (χ4v) is 4.02.